The Morgan fingerprint density at radius 1 is 0.750 bits per heavy atom. The maximum absolute atomic E-state index is 12.5. The summed E-state index contributed by atoms with van der Waals surface area (Å²) in [6, 6.07) is 0.388. The average molecular weight is 507 g/mol. The maximum atomic E-state index is 12.5. The van der Waals surface area contributed by atoms with Crippen LogP contribution in [0.25, 0.3) is 0 Å². The molecule has 2 unspecified atom stereocenters. The first-order valence-electron chi connectivity index (χ1n) is 14.2. The van der Waals surface area contributed by atoms with E-state index < -0.39 is 12.1 Å². The van der Waals surface area contributed by atoms with E-state index in [9.17, 15) is 9.90 Å². The van der Waals surface area contributed by atoms with Crippen molar-refractivity contribution >= 4 is 11.5 Å². The summed E-state index contributed by atoms with van der Waals surface area (Å²) in [6.45, 7) is 21.2. The van der Waals surface area contributed by atoms with Gasteiger partial charge in [0.05, 0.1) is 6.04 Å². The Balaban J connectivity index is 1.29. The summed E-state index contributed by atoms with van der Waals surface area (Å²) in [5.74, 6) is -0.0559. The Morgan fingerprint density at radius 2 is 1.17 bits per heavy atom. The number of hydrogen-bond donors (Lipinski definition) is 6. The van der Waals surface area contributed by atoms with Gasteiger partial charge in [-0.05, 0) is 107 Å². The number of hydrogen-bond acceptors (Lipinski definition) is 7. The van der Waals surface area contributed by atoms with E-state index in [4.69, 9.17) is 0 Å². The lowest BCUT2D eigenvalue weighted by Gasteiger charge is -2.46. The van der Waals surface area contributed by atoms with Crippen molar-refractivity contribution in [3.05, 3.63) is 0 Å². The van der Waals surface area contributed by atoms with Gasteiger partial charge < -0.3 is 31.7 Å². The minimum Gasteiger partial charge on any atom is -0.843 e. The molecule has 2 aliphatic heterocycles. The van der Waals surface area contributed by atoms with Gasteiger partial charge in [0.1, 0.15) is 6.54 Å². The van der Waals surface area contributed by atoms with Crippen molar-refractivity contribution < 1.29 is 14.9 Å². The molecule has 3 fully saturated rings. The standard InChI is InChI=1S/C28H53N6O2/c1-25(2)15-19(16-26(3,4)33-25)29-11-9-13-31-21-23(35)22(24(21)36)32-14-10-12-30-20-17-27(5,6)34-28(7,8)18-20/h19-21,23,29-31,33-34H,9-18H2,1-8H3/q-1/p+1. The molecule has 0 bridgehead atoms. The molecular formula is C28H54N6O2. The number of piperidine rings is 2. The first-order chi connectivity index (χ1) is 16.6. The number of rotatable bonds is 11. The molecule has 8 nitrogen and oxygen atoms in total. The fourth-order valence-corrected chi connectivity index (χ4v) is 7.11. The number of carbonyl (C=O) groups excluding carboxylic acids is 1. The fourth-order valence-electron chi connectivity index (χ4n) is 7.11. The maximum Gasteiger partial charge on any atom is 0.236 e. The predicted octanol–water partition coefficient (Wildman–Crippen LogP) is -0.644. The van der Waals surface area contributed by atoms with E-state index in [0.29, 0.717) is 30.9 Å². The van der Waals surface area contributed by atoms with Crippen molar-refractivity contribution in [1.82, 2.24) is 26.6 Å². The first kappa shape index (κ1) is 29.7. The van der Waals surface area contributed by atoms with Crippen LogP contribution in [-0.2, 0) is 4.79 Å². The summed E-state index contributed by atoms with van der Waals surface area (Å²) in [7, 11) is 0. The molecule has 208 valence electrons. The third-order valence-electron chi connectivity index (χ3n) is 7.77. The fraction of sp³-hybridized carbons (Fsp3) is 0.929. The zero-order valence-corrected chi connectivity index (χ0v) is 24.2. The van der Waals surface area contributed by atoms with E-state index >= 15 is 0 Å². The van der Waals surface area contributed by atoms with Crippen LogP contribution in [0, 0.1) is 0 Å². The van der Waals surface area contributed by atoms with Gasteiger partial charge in [-0.15, -0.1) is 0 Å². The third-order valence-corrected chi connectivity index (χ3v) is 7.77. The van der Waals surface area contributed by atoms with Gasteiger partial charge in [0, 0.05) is 47.2 Å². The highest BCUT2D eigenvalue weighted by Crippen LogP contribution is 2.29. The van der Waals surface area contributed by atoms with Crippen LogP contribution >= 0.6 is 0 Å². The molecule has 6 N–H and O–H groups in total. The van der Waals surface area contributed by atoms with Crippen molar-refractivity contribution in [1.29, 1.82) is 0 Å². The van der Waals surface area contributed by atoms with Gasteiger partial charge in [-0.2, -0.15) is 0 Å². The van der Waals surface area contributed by atoms with Crippen LogP contribution < -0.4 is 36.7 Å². The van der Waals surface area contributed by atoms with Gasteiger partial charge in [0.15, 0.2) is 0 Å². The predicted molar refractivity (Wildman–Crippen MR) is 145 cm³/mol. The van der Waals surface area contributed by atoms with Crippen LogP contribution in [0.15, 0.2) is 0 Å². The number of carbonyl (C=O) groups is 1. The van der Waals surface area contributed by atoms with Crippen LogP contribution in [0.3, 0.4) is 0 Å². The summed E-state index contributed by atoms with van der Waals surface area (Å²) in [4.78, 5) is 15.6. The van der Waals surface area contributed by atoms with Crippen molar-refractivity contribution in [2.45, 2.75) is 140 Å². The van der Waals surface area contributed by atoms with Crippen molar-refractivity contribution in [2.75, 3.05) is 26.2 Å². The van der Waals surface area contributed by atoms with Crippen LogP contribution in [0.1, 0.15) is 93.9 Å². The van der Waals surface area contributed by atoms with Gasteiger partial charge >= 0.3 is 0 Å². The molecule has 0 radical (unpaired) electrons. The molecule has 0 aromatic rings. The largest absolute Gasteiger partial charge is 0.843 e. The van der Waals surface area contributed by atoms with Crippen LogP contribution in [-0.4, -0.2) is 84.1 Å². The Kier molecular flexibility index (Phi) is 9.44. The van der Waals surface area contributed by atoms with Gasteiger partial charge in [-0.1, -0.05) is 0 Å². The molecule has 3 aliphatic rings. The SMILES string of the molecule is CC1(C)CC(NCCCNC2C(=O)C(=[NH+]CCCNC3CC(C)(C)NC(C)(C)C3)C2[O-])CC(C)(C)N1. The molecule has 0 aromatic carbocycles. The van der Waals surface area contributed by atoms with E-state index in [-0.39, 0.29) is 27.9 Å². The highest BCUT2D eigenvalue weighted by molar-refractivity contribution is 6.48. The molecule has 3 rings (SSSR count). The Labute approximate surface area is 219 Å². The molecule has 0 aromatic heterocycles. The number of ketones is 1. The Morgan fingerprint density at radius 3 is 1.61 bits per heavy atom. The summed E-state index contributed by atoms with van der Waals surface area (Å²) >= 11 is 0. The van der Waals surface area contributed by atoms with Crippen LogP contribution in [0.2, 0.25) is 0 Å². The van der Waals surface area contributed by atoms with Gasteiger partial charge in [-0.25, -0.2) is 4.99 Å². The third kappa shape index (κ3) is 8.57. The van der Waals surface area contributed by atoms with Gasteiger partial charge in [0.2, 0.25) is 11.5 Å². The smallest absolute Gasteiger partial charge is 0.236 e. The normalized spacial score (nSPS) is 30.9. The molecule has 1 saturated carbocycles. The molecule has 0 spiro atoms. The minimum atomic E-state index is -0.976. The van der Waals surface area contributed by atoms with E-state index in [2.05, 4.69) is 87.0 Å². The van der Waals surface area contributed by atoms with E-state index in [0.717, 1.165) is 51.6 Å². The summed E-state index contributed by atoms with van der Waals surface area (Å²) < 4.78 is 0. The highest BCUT2D eigenvalue weighted by Gasteiger charge is 2.43. The summed E-state index contributed by atoms with van der Waals surface area (Å²) in [5, 5.41) is 30.5. The lowest BCUT2D eigenvalue weighted by Crippen LogP contribution is -2.87. The lowest BCUT2D eigenvalue weighted by atomic mass is 9.79. The molecule has 36 heavy (non-hydrogen) atoms. The van der Waals surface area contributed by atoms with Gasteiger partial charge in [-0.3, -0.25) is 4.79 Å². The van der Waals surface area contributed by atoms with E-state index in [1.807, 2.05) is 0 Å². The minimum absolute atomic E-state index is 0.0559. The molecule has 0 amide bonds. The molecule has 8 heteroatoms. The molecule has 2 saturated heterocycles. The first-order valence-corrected chi connectivity index (χ1v) is 14.2. The van der Waals surface area contributed by atoms with Gasteiger partial charge in [0.25, 0.3) is 0 Å². The molecular weight excluding hydrogens is 452 g/mol. The Hall–Kier alpha value is -0.900. The monoisotopic (exact) mass is 506 g/mol. The number of Topliss-reactive ketones (excluding diaryl/α,β-unsaturated/α-hetero) is 1. The van der Waals surface area contributed by atoms with Crippen LogP contribution in [0.5, 0.6) is 0 Å². The van der Waals surface area contributed by atoms with Crippen molar-refractivity contribution in [3.8, 4) is 0 Å². The number of nitrogens with one attached hydrogen (secondary N) is 6. The quantitative estimate of drug-likeness (QED) is 0.207. The second-order valence-electron chi connectivity index (χ2n) is 14.2. The van der Waals surface area contributed by atoms with Crippen molar-refractivity contribution in [2.24, 2.45) is 0 Å². The van der Waals surface area contributed by atoms with Crippen molar-refractivity contribution in [3.63, 3.8) is 0 Å². The average Bonchev–Trinajstić information content (AvgIpc) is 2.68. The molecule has 2 atom stereocenters. The van der Waals surface area contributed by atoms with E-state index in [1.165, 1.54) is 0 Å². The molecule has 1 aliphatic carbocycles. The topological polar surface area (TPSA) is 114 Å². The second-order valence-corrected chi connectivity index (χ2v) is 14.2. The summed E-state index contributed by atoms with van der Waals surface area (Å²) in [5.41, 5.74) is 0.862. The van der Waals surface area contributed by atoms with Crippen LogP contribution in [0.4, 0.5) is 0 Å². The highest BCUT2D eigenvalue weighted by atomic mass is 16.3. The zero-order valence-electron chi connectivity index (χ0n) is 24.2. The molecule has 2 heterocycles. The summed E-state index contributed by atoms with van der Waals surface area (Å²) in [6.07, 6.45) is 5.21. The lowest BCUT2D eigenvalue weighted by molar-refractivity contribution is -0.485. The second kappa shape index (κ2) is 11.5. The zero-order chi connectivity index (χ0) is 26.8. The van der Waals surface area contributed by atoms with E-state index in [1.54, 1.807) is 0 Å². The Bertz CT molecular complexity index is 759.